The fraction of sp³-hybridized carbons (Fsp3) is 0.292. The largest absolute Gasteiger partial charge is 0.438 e. The van der Waals surface area contributed by atoms with Gasteiger partial charge in [0, 0.05) is 24.8 Å². The minimum absolute atomic E-state index is 0.0950. The molecular weight excluding hydrogens is 362 g/mol. The molecule has 1 saturated carbocycles. The molecule has 0 bridgehead atoms. The zero-order valence-electron chi connectivity index (χ0n) is 16.6. The predicted octanol–water partition coefficient (Wildman–Crippen LogP) is 5.34. The van der Waals surface area contributed by atoms with Crippen LogP contribution < -0.4 is 4.74 Å². The van der Waals surface area contributed by atoms with Crippen LogP contribution in [-0.4, -0.2) is 33.9 Å². The summed E-state index contributed by atoms with van der Waals surface area (Å²) in [6.45, 7) is 0. The third-order valence-electron chi connectivity index (χ3n) is 5.42. The highest BCUT2D eigenvalue weighted by Crippen LogP contribution is 2.29. The number of carbonyl (C=O) groups is 1. The Labute approximate surface area is 171 Å². The van der Waals surface area contributed by atoms with Gasteiger partial charge in [-0.25, -0.2) is 4.98 Å². The highest BCUT2D eigenvalue weighted by atomic mass is 16.5. The average molecular weight is 387 g/mol. The van der Waals surface area contributed by atoms with E-state index in [1.54, 1.807) is 6.20 Å². The molecule has 2 aromatic carbocycles. The van der Waals surface area contributed by atoms with Crippen LogP contribution in [-0.2, 0) is 0 Å². The standard InChI is InChI=1S/C24H25N3O2/c1-27(19-13-7-3-8-14-19)24(28)21-17-25-22(18-11-5-2-6-12-18)26-23(21)29-20-15-9-4-10-16-20/h2,4-6,9-12,15-17,19H,3,7-8,13-14H2,1H3. The van der Waals surface area contributed by atoms with Gasteiger partial charge >= 0.3 is 0 Å². The maximum absolute atomic E-state index is 13.3. The molecule has 0 N–H and O–H groups in total. The number of carbonyl (C=O) groups excluding carboxylic acids is 1. The summed E-state index contributed by atoms with van der Waals surface area (Å²) in [5, 5.41) is 0. The molecule has 0 unspecified atom stereocenters. The van der Waals surface area contributed by atoms with Crippen LogP contribution >= 0.6 is 0 Å². The van der Waals surface area contributed by atoms with Crippen molar-refractivity contribution >= 4 is 5.91 Å². The summed E-state index contributed by atoms with van der Waals surface area (Å²) < 4.78 is 6.03. The minimum atomic E-state index is -0.0950. The molecular formula is C24H25N3O2. The Morgan fingerprint density at radius 2 is 1.62 bits per heavy atom. The molecule has 1 fully saturated rings. The van der Waals surface area contributed by atoms with E-state index in [-0.39, 0.29) is 17.8 Å². The monoisotopic (exact) mass is 387 g/mol. The van der Waals surface area contributed by atoms with Crippen LogP contribution in [0.25, 0.3) is 11.4 Å². The first-order chi connectivity index (χ1) is 14.2. The lowest BCUT2D eigenvalue weighted by Gasteiger charge is -2.31. The van der Waals surface area contributed by atoms with Gasteiger partial charge in [0.05, 0.1) is 0 Å². The molecule has 1 heterocycles. The van der Waals surface area contributed by atoms with E-state index in [9.17, 15) is 4.79 Å². The van der Waals surface area contributed by atoms with E-state index in [0.29, 0.717) is 17.1 Å². The van der Waals surface area contributed by atoms with Gasteiger partial charge in [0.2, 0.25) is 5.88 Å². The lowest BCUT2D eigenvalue weighted by Crippen LogP contribution is -2.38. The van der Waals surface area contributed by atoms with Crippen molar-refractivity contribution in [3.63, 3.8) is 0 Å². The number of nitrogens with zero attached hydrogens (tertiary/aromatic N) is 3. The fourth-order valence-electron chi connectivity index (χ4n) is 3.74. The molecule has 5 heteroatoms. The molecule has 1 aliphatic carbocycles. The third-order valence-corrected chi connectivity index (χ3v) is 5.42. The van der Waals surface area contributed by atoms with Gasteiger partial charge in [0.1, 0.15) is 11.3 Å². The van der Waals surface area contributed by atoms with Crippen molar-refractivity contribution in [1.29, 1.82) is 0 Å². The molecule has 0 atom stereocenters. The second-order valence-corrected chi connectivity index (χ2v) is 7.40. The molecule has 0 saturated heterocycles. The predicted molar refractivity (Wildman–Crippen MR) is 113 cm³/mol. The Morgan fingerprint density at radius 1 is 0.966 bits per heavy atom. The quantitative estimate of drug-likeness (QED) is 0.593. The van der Waals surface area contributed by atoms with E-state index in [1.807, 2.05) is 72.6 Å². The smallest absolute Gasteiger partial charge is 0.260 e. The van der Waals surface area contributed by atoms with Crippen LogP contribution in [0, 0.1) is 0 Å². The highest BCUT2D eigenvalue weighted by Gasteiger charge is 2.26. The van der Waals surface area contributed by atoms with Crippen LogP contribution in [0.3, 0.4) is 0 Å². The lowest BCUT2D eigenvalue weighted by atomic mass is 9.94. The number of ether oxygens (including phenoxy) is 1. The summed E-state index contributed by atoms with van der Waals surface area (Å²) in [6.07, 6.45) is 7.25. The minimum Gasteiger partial charge on any atom is -0.438 e. The van der Waals surface area contributed by atoms with E-state index in [2.05, 4.69) is 9.97 Å². The van der Waals surface area contributed by atoms with Gasteiger partial charge in [-0.3, -0.25) is 4.79 Å². The van der Waals surface area contributed by atoms with Gasteiger partial charge in [-0.2, -0.15) is 4.98 Å². The molecule has 1 aliphatic rings. The molecule has 3 aromatic rings. The molecule has 1 amide bonds. The van der Waals surface area contributed by atoms with E-state index in [1.165, 1.54) is 19.3 Å². The second kappa shape index (κ2) is 8.86. The van der Waals surface area contributed by atoms with E-state index in [4.69, 9.17) is 4.74 Å². The summed E-state index contributed by atoms with van der Waals surface area (Å²) >= 11 is 0. The first-order valence-corrected chi connectivity index (χ1v) is 10.1. The zero-order valence-corrected chi connectivity index (χ0v) is 16.6. The van der Waals surface area contributed by atoms with Crippen LogP contribution in [0.1, 0.15) is 42.5 Å². The summed E-state index contributed by atoms with van der Waals surface area (Å²) in [5.74, 6) is 1.37. The first kappa shape index (κ1) is 19.1. The summed E-state index contributed by atoms with van der Waals surface area (Å²) in [4.78, 5) is 24.2. The normalized spacial score (nSPS) is 14.4. The Bertz CT molecular complexity index is 954. The summed E-state index contributed by atoms with van der Waals surface area (Å²) in [6, 6.07) is 19.4. The molecule has 4 rings (SSSR count). The number of amides is 1. The van der Waals surface area contributed by atoms with Crippen LogP contribution in [0.4, 0.5) is 0 Å². The van der Waals surface area contributed by atoms with Gasteiger partial charge in [-0.15, -0.1) is 0 Å². The van der Waals surface area contributed by atoms with Crippen molar-refractivity contribution in [3.8, 4) is 23.0 Å². The van der Waals surface area contributed by atoms with Gasteiger partial charge in [0.15, 0.2) is 5.82 Å². The Morgan fingerprint density at radius 3 is 2.31 bits per heavy atom. The Kier molecular flexibility index (Phi) is 5.84. The maximum atomic E-state index is 13.3. The topological polar surface area (TPSA) is 55.3 Å². The van der Waals surface area contributed by atoms with Crippen molar-refractivity contribution in [3.05, 3.63) is 72.4 Å². The number of para-hydroxylation sites is 1. The number of rotatable bonds is 5. The highest BCUT2D eigenvalue weighted by molar-refractivity contribution is 5.96. The van der Waals surface area contributed by atoms with Gasteiger partial charge < -0.3 is 9.64 Å². The van der Waals surface area contributed by atoms with Crippen molar-refractivity contribution in [1.82, 2.24) is 14.9 Å². The van der Waals surface area contributed by atoms with Crippen LogP contribution in [0.2, 0.25) is 0 Å². The fourth-order valence-corrected chi connectivity index (χ4v) is 3.74. The molecule has 5 nitrogen and oxygen atoms in total. The van der Waals surface area contributed by atoms with Gasteiger partial charge in [-0.05, 0) is 25.0 Å². The van der Waals surface area contributed by atoms with Crippen molar-refractivity contribution in [2.45, 2.75) is 38.1 Å². The van der Waals surface area contributed by atoms with Gasteiger partial charge in [-0.1, -0.05) is 67.8 Å². The zero-order chi connectivity index (χ0) is 20.1. The molecule has 1 aromatic heterocycles. The number of aromatic nitrogens is 2. The molecule has 29 heavy (non-hydrogen) atoms. The number of hydrogen-bond acceptors (Lipinski definition) is 4. The van der Waals surface area contributed by atoms with Gasteiger partial charge in [0.25, 0.3) is 5.91 Å². The van der Waals surface area contributed by atoms with E-state index in [0.717, 1.165) is 18.4 Å². The van der Waals surface area contributed by atoms with Crippen molar-refractivity contribution < 1.29 is 9.53 Å². The average Bonchev–Trinajstić information content (AvgIpc) is 2.80. The van der Waals surface area contributed by atoms with E-state index >= 15 is 0 Å². The third kappa shape index (κ3) is 4.45. The second-order valence-electron chi connectivity index (χ2n) is 7.40. The van der Waals surface area contributed by atoms with Crippen LogP contribution in [0.5, 0.6) is 11.6 Å². The number of hydrogen-bond donors (Lipinski definition) is 0. The van der Waals surface area contributed by atoms with Crippen LogP contribution in [0.15, 0.2) is 66.9 Å². The Balaban J connectivity index is 1.68. The SMILES string of the molecule is CN(C(=O)c1cnc(-c2ccccc2)nc1Oc1ccccc1)C1CCCCC1. The molecule has 0 aliphatic heterocycles. The maximum Gasteiger partial charge on any atom is 0.260 e. The van der Waals surface area contributed by atoms with E-state index < -0.39 is 0 Å². The Hall–Kier alpha value is -3.21. The lowest BCUT2D eigenvalue weighted by molar-refractivity contribution is 0.0692. The first-order valence-electron chi connectivity index (χ1n) is 10.1. The summed E-state index contributed by atoms with van der Waals surface area (Å²) in [7, 11) is 1.87. The molecule has 0 radical (unpaired) electrons. The van der Waals surface area contributed by atoms with Crippen molar-refractivity contribution in [2.75, 3.05) is 7.05 Å². The summed E-state index contributed by atoms with van der Waals surface area (Å²) in [5.41, 5.74) is 1.27. The van der Waals surface area contributed by atoms with Crippen molar-refractivity contribution in [2.24, 2.45) is 0 Å². The molecule has 148 valence electrons. The molecule has 0 spiro atoms. The number of benzene rings is 2.